The minimum Gasteiger partial charge on any atom is -0.381 e. The summed E-state index contributed by atoms with van der Waals surface area (Å²) in [5.74, 6) is 0.763. The second-order valence-corrected chi connectivity index (χ2v) is 8.93. The summed E-state index contributed by atoms with van der Waals surface area (Å²) in [5, 5.41) is 1.94. The predicted molar refractivity (Wildman–Crippen MR) is 117 cm³/mol. The van der Waals surface area contributed by atoms with Crippen molar-refractivity contribution in [3.05, 3.63) is 51.7 Å². The molecule has 2 aromatic heterocycles. The summed E-state index contributed by atoms with van der Waals surface area (Å²) in [6.07, 6.45) is 4.07. The lowest BCUT2D eigenvalue weighted by atomic mass is 9.88. The van der Waals surface area contributed by atoms with Gasteiger partial charge in [0.15, 0.2) is 5.82 Å². The number of hydrogen-bond acceptors (Lipinski definition) is 4. The highest BCUT2D eigenvalue weighted by atomic mass is 35.5. The molecule has 3 aromatic rings. The molecule has 5 nitrogen and oxygen atoms in total. The minimum absolute atomic E-state index is 0.0934. The fourth-order valence-electron chi connectivity index (χ4n) is 4.95. The third-order valence-corrected chi connectivity index (χ3v) is 6.69. The molecule has 5 rings (SSSR count). The van der Waals surface area contributed by atoms with Crippen molar-refractivity contribution >= 4 is 28.5 Å². The van der Waals surface area contributed by atoms with E-state index >= 15 is 0 Å². The van der Waals surface area contributed by atoms with E-state index in [9.17, 15) is 4.39 Å². The van der Waals surface area contributed by atoms with Crippen LogP contribution in [0.3, 0.4) is 0 Å². The fraction of sp³-hybridized carbons (Fsp3) is 0.478. The van der Waals surface area contributed by atoms with E-state index in [0.29, 0.717) is 23.3 Å². The van der Waals surface area contributed by atoms with Crippen LogP contribution in [0.1, 0.15) is 47.9 Å². The Morgan fingerprint density at radius 3 is 2.80 bits per heavy atom. The van der Waals surface area contributed by atoms with Crippen LogP contribution in [-0.2, 0) is 11.2 Å². The molecule has 1 saturated heterocycles. The molecular weight excluding hydrogens is 403 g/mol. The van der Waals surface area contributed by atoms with Gasteiger partial charge >= 0.3 is 0 Å². The van der Waals surface area contributed by atoms with Crippen LogP contribution in [0.25, 0.3) is 10.9 Å². The number of ether oxygens (including phenoxy) is 1. The van der Waals surface area contributed by atoms with Crippen molar-refractivity contribution in [1.29, 1.82) is 0 Å². The maximum absolute atomic E-state index is 14.2. The largest absolute Gasteiger partial charge is 0.381 e. The Bertz CT molecular complexity index is 1070. The third kappa shape index (κ3) is 3.46. The highest BCUT2D eigenvalue weighted by Gasteiger charge is 2.34. The zero-order chi connectivity index (χ0) is 20.8. The van der Waals surface area contributed by atoms with Gasteiger partial charge in [0, 0.05) is 41.4 Å². The van der Waals surface area contributed by atoms with Gasteiger partial charge in [-0.3, -0.25) is 0 Å². The molecule has 30 heavy (non-hydrogen) atoms. The SMILES string of the molecule is Cc1nc(N2CCc3c([nH]c4ccc(Cl)cc34)[C@@H]2C[C@@H]2CCCOC2)nc(C)c1F. The molecular formula is C23H26ClFN4O. The van der Waals surface area contributed by atoms with Gasteiger partial charge in [-0.25, -0.2) is 14.4 Å². The average molecular weight is 429 g/mol. The van der Waals surface area contributed by atoms with Gasteiger partial charge in [0.25, 0.3) is 0 Å². The van der Waals surface area contributed by atoms with Gasteiger partial charge in [-0.1, -0.05) is 11.6 Å². The summed E-state index contributed by atoms with van der Waals surface area (Å²) >= 11 is 6.29. The molecule has 0 bridgehead atoms. The Labute approximate surface area is 180 Å². The quantitative estimate of drug-likeness (QED) is 0.616. The minimum atomic E-state index is -0.325. The molecule has 0 saturated carbocycles. The van der Waals surface area contributed by atoms with Crippen molar-refractivity contribution < 1.29 is 9.13 Å². The zero-order valence-corrected chi connectivity index (χ0v) is 18.1. The highest BCUT2D eigenvalue weighted by Crippen LogP contribution is 2.41. The van der Waals surface area contributed by atoms with Crippen molar-refractivity contribution in [3.8, 4) is 0 Å². The van der Waals surface area contributed by atoms with Gasteiger partial charge in [-0.2, -0.15) is 0 Å². The molecule has 158 valence electrons. The van der Waals surface area contributed by atoms with E-state index in [1.807, 2.05) is 18.2 Å². The molecule has 2 aliphatic heterocycles. The summed E-state index contributed by atoms with van der Waals surface area (Å²) in [5.41, 5.74) is 4.41. The normalized spacial score (nSPS) is 21.8. The summed E-state index contributed by atoms with van der Waals surface area (Å²) in [4.78, 5) is 14.9. The van der Waals surface area contributed by atoms with Crippen LogP contribution >= 0.6 is 11.6 Å². The van der Waals surface area contributed by atoms with E-state index in [2.05, 4.69) is 19.9 Å². The second-order valence-electron chi connectivity index (χ2n) is 8.49. The number of nitrogens with zero attached hydrogens (tertiary/aromatic N) is 3. The first-order chi connectivity index (χ1) is 14.5. The average Bonchev–Trinajstić information content (AvgIpc) is 3.11. The van der Waals surface area contributed by atoms with Gasteiger partial charge in [0.05, 0.1) is 17.4 Å². The van der Waals surface area contributed by atoms with Crippen molar-refractivity contribution in [3.63, 3.8) is 0 Å². The van der Waals surface area contributed by atoms with Crippen molar-refractivity contribution in [1.82, 2.24) is 15.0 Å². The predicted octanol–water partition coefficient (Wildman–Crippen LogP) is 5.29. The molecule has 0 unspecified atom stereocenters. The van der Waals surface area contributed by atoms with E-state index in [4.69, 9.17) is 16.3 Å². The molecule has 1 fully saturated rings. The van der Waals surface area contributed by atoms with Gasteiger partial charge in [0.2, 0.25) is 5.95 Å². The lowest BCUT2D eigenvalue weighted by molar-refractivity contribution is 0.0483. The monoisotopic (exact) mass is 428 g/mol. The summed E-state index contributed by atoms with van der Waals surface area (Å²) in [6, 6.07) is 6.11. The van der Waals surface area contributed by atoms with Crippen molar-refractivity contribution in [2.75, 3.05) is 24.7 Å². The molecule has 0 aliphatic carbocycles. The van der Waals surface area contributed by atoms with Crippen LogP contribution < -0.4 is 4.90 Å². The van der Waals surface area contributed by atoms with Crippen LogP contribution in [0.2, 0.25) is 5.02 Å². The number of aromatic nitrogens is 3. The Hall–Kier alpha value is -2.18. The molecule has 2 aliphatic rings. The highest BCUT2D eigenvalue weighted by molar-refractivity contribution is 6.31. The molecule has 1 aromatic carbocycles. The Morgan fingerprint density at radius 1 is 1.27 bits per heavy atom. The van der Waals surface area contributed by atoms with Gasteiger partial charge < -0.3 is 14.6 Å². The zero-order valence-electron chi connectivity index (χ0n) is 17.3. The first-order valence-corrected chi connectivity index (χ1v) is 11.0. The number of fused-ring (bicyclic) bond motifs is 3. The van der Waals surface area contributed by atoms with Crippen LogP contribution in [-0.4, -0.2) is 34.7 Å². The van der Waals surface area contributed by atoms with E-state index in [1.54, 1.807) is 13.8 Å². The molecule has 1 N–H and O–H groups in total. The second kappa shape index (κ2) is 7.82. The Kier molecular flexibility index (Phi) is 5.15. The number of benzene rings is 1. The topological polar surface area (TPSA) is 54.0 Å². The van der Waals surface area contributed by atoms with E-state index in [-0.39, 0.29) is 11.9 Å². The lowest BCUT2D eigenvalue weighted by Gasteiger charge is -2.38. The molecule has 2 atom stereocenters. The molecule has 0 amide bonds. The van der Waals surface area contributed by atoms with E-state index in [1.165, 1.54) is 16.6 Å². The van der Waals surface area contributed by atoms with Crippen LogP contribution in [0.5, 0.6) is 0 Å². The van der Waals surface area contributed by atoms with Crippen molar-refractivity contribution in [2.45, 2.75) is 45.6 Å². The van der Waals surface area contributed by atoms with Crippen molar-refractivity contribution in [2.24, 2.45) is 5.92 Å². The molecule has 4 heterocycles. The standard InChI is InChI=1S/C23H26ClFN4O/c1-13-21(25)14(2)27-23(26-13)29-8-7-17-18-11-16(24)5-6-19(18)28-22(17)20(29)10-15-4-3-9-30-12-15/h5-6,11,15,20,28H,3-4,7-10,12H2,1-2H3/t15-,20-/m0/s1. The molecule has 0 spiro atoms. The van der Waals surface area contributed by atoms with Gasteiger partial charge in [-0.15, -0.1) is 0 Å². The lowest BCUT2D eigenvalue weighted by Crippen LogP contribution is -2.39. The van der Waals surface area contributed by atoms with Crippen LogP contribution in [0, 0.1) is 25.6 Å². The van der Waals surface area contributed by atoms with Gasteiger partial charge in [0.1, 0.15) is 0 Å². The smallest absolute Gasteiger partial charge is 0.226 e. The number of aryl methyl sites for hydroxylation is 2. The van der Waals surface area contributed by atoms with Gasteiger partial charge in [-0.05, 0) is 69.2 Å². The van der Waals surface area contributed by atoms with E-state index in [0.717, 1.165) is 56.0 Å². The first kappa shape index (κ1) is 19.8. The number of H-pyrrole nitrogens is 1. The Morgan fingerprint density at radius 2 is 2.07 bits per heavy atom. The number of halogens is 2. The third-order valence-electron chi connectivity index (χ3n) is 6.45. The number of aromatic amines is 1. The molecule has 0 radical (unpaired) electrons. The summed E-state index contributed by atoms with van der Waals surface area (Å²) < 4.78 is 19.9. The number of nitrogens with one attached hydrogen (secondary N) is 1. The number of rotatable bonds is 3. The summed E-state index contributed by atoms with van der Waals surface area (Å²) in [7, 11) is 0. The number of anilines is 1. The number of hydrogen-bond donors (Lipinski definition) is 1. The van der Waals surface area contributed by atoms with Crippen LogP contribution in [0.4, 0.5) is 10.3 Å². The first-order valence-electron chi connectivity index (χ1n) is 10.7. The maximum Gasteiger partial charge on any atom is 0.226 e. The fourth-order valence-corrected chi connectivity index (χ4v) is 5.12. The maximum atomic E-state index is 14.2. The molecule has 7 heteroatoms. The van der Waals surface area contributed by atoms with E-state index < -0.39 is 0 Å². The van der Waals surface area contributed by atoms with Crippen LogP contribution in [0.15, 0.2) is 18.2 Å². The summed E-state index contributed by atoms with van der Waals surface area (Å²) in [6.45, 7) is 5.83. The Balaban J connectivity index is 1.59.